The van der Waals surface area contributed by atoms with Gasteiger partial charge < -0.3 is 10.7 Å². The van der Waals surface area contributed by atoms with E-state index >= 15 is 0 Å². The molecule has 1 unspecified atom stereocenters. The fourth-order valence-corrected chi connectivity index (χ4v) is 2.67. The van der Waals surface area contributed by atoms with Gasteiger partial charge in [0.2, 0.25) is 0 Å². The van der Waals surface area contributed by atoms with Gasteiger partial charge in [0.1, 0.15) is 0 Å². The largest absolute Gasteiger partial charge is 0.358 e. The molecule has 3 rings (SSSR count). The smallest absolute Gasteiger partial charge is 0.0539 e. The van der Waals surface area contributed by atoms with Crippen molar-refractivity contribution in [3.63, 3.8) is 0 Å². The van der Waals surface area contributed by atoms with Crippen LogP contribution in [0.3, 0.4) is 0 Å². The fraction of sp³-hybridized carbons (Fsp3) is 0.200. The molecule has 0 aliphatic heterocycles. The van der Waals surface area contributed by atoms with Crippen LogP contribution >= 0.6 is 0 Å². The highest BCUT2D eigenvalue weighted by molar-refractivity contribution is 6.07. The summed E-state index contributed by atoms with van der Waals surface area (Å²) in [6, 6.07) is 12.8. The first-order valence-corrected chi connectivity index (χ1v) is 5.94. The number of fused-ring (bicyclic) bond motifs is 3. The Morgan fingerprint density at radius 3 is 2.59 bits per heavy atom. The third-order valence-electron chi connectivity index (χ3n) is 3.39. The van der Waals surface area contributed by atoms with Crippen LogP contribution < -0.4 is 5.73 Å². The molecule has 0 amide bonds. The van der Waals surface area contributed by atoms with Crippen LogP contribution in [0.2, 0.25) is 0 Å². The van der Waals surface area contributed by atoms with Gasteiger partial charge in [0.05, 0.1) is 5.52 Å². The van der Waals surface area contributed by atoms with E-state index in [-0.39, 0.29) is 6.04 Å². The number of aryl methyl sites for hydroxylation is 1. The maximum absolute atomic E-state index is 6.05. The molecule has 0 saturated heterocycles. The molecular formula is C15H16N2. The van der Waals surface area contributed by atoms with Gasteiger partial charge in [0, 0.05) is 22.5 Å². The zero-order valence-corrected chi connectivity index (χ0v) is 10.1. The maximum Gasteiger partial charge on any atom is 0.0539 e. The highest BCUT2D eigenvalue weighted by Gasteiger charge is 2.13. The molecule has 0 fully saturated rings. The number of aromatic nitrogens is 1. The minimum absolute atomic E-state index is 0.0601. The quantitative estimate of drug-likeness (QED) is 0.651. The number of H-pyrrole nitrogens is 1. The summed E-state index contributed by atoms with van der Waals surface area (Å²) in [5.74, 6) is 0. The second-order valence-electron chi connectivity index (χ2n) is 4.66. The van der Waals surface area contributed by atoms with Gasteiger partial charge in [-0.05, 0) is 24.8 Å². The molecule has 0 aliphatic carbocycles. The minimum atomic E-state index is 0.0601. The molecule has 3 N–H and O–H groups in total. The minimum Gasteiger partial charge on any atom is -0.358 e. The van der Waals surface area contributed by atoms with Gasteiger partial charge in [-0.2, -0.15) is 0 Å². The number of benzene rings is 2. The van der Waals surface area contributed by atoms with Crippen LogP contribution in [-0.4, -0.2) is 4.98 Å². The van der Waals surface area contributed by atoms with Crippen molar-refractivity contribution in [2.24, 2.45) is 5.73 Å². The fourth-order valence-electron chi connectivity index (χ4n) is 2.67. The number of nitrogens with two attached hydrogens (primary N) is 1. The van der Waals surface area contributed by atoms with Crippen molar-refractivity contribution in [1.29, 1.82) is 0 Å². The predicted molar refractivity (Wildman–Crippen MR) is 73.1 cm³/mol. The summed E-state index contributed by atoms with van der Waals surface area (Å²) in [4.78, 5) is 3.47. The van der Waals surface area contributed by atoms with Crippen LogP contribution in [0, 0.1) is 6.92 Å². The van der Waals surface area contributed by atoms with Crippen molar-refractivity contribution in [3.8, 4) is 0 Å². The van der Waals surface area contributed by atoms with E-state index in [9.17, 15) is 0 Å². The van der Waals surface area contributed by atoms with E-state index in [1.54, 1.807) is 0 Å². The van der Waals surface area contributed by atoms with Crippen LogP contribution in [0.25, 0.3) is 21.7 Å². The van der Waals surface area contributed by atoms with E-state index in [0.29, 0.717) is 0 Å². The summed E-state index contributed by atoms with van der Waals surface area (Å²) in [5, 5.41) is 3.77. The van der Waals surface area contributed by atoms with E-state index in [4.69, 9.17) is 5.73 Å². The van der Waals surface area contributed by atoms with E-state index in [0.717, 1.165) is 0 Å². The van der Waals surface area contributed by atoms with Crippen LogP contribution in [0.15, 0.2) is 36.4 Å². The molecule has 1 aromatic heterocycles. The normalized spacial score (nSPS) is 13.4. The molecule has 1 heterocycles. The molecule has 17 heavy (non-hydrogen) atoms. The van der Waals surface area contributed by atoms with E-state index in [1.807, 2.05) is 6.92 Å². The van der Waals surface area contributed by atoms with Crippen molar-refractivity contribution in [1.82, 2.24) is 4.98 Å². The Bertz CT molecular complexity index is 693. The number of aromatic amines is 1. The van der Waals surface area contributed by atoms with Gasteiger partial charge in [-0.15, -0.1) is 0 Å². The first-order chi connectivity index (χ1) is 8.18. The molecular weight excluding hydrogens is 208 g/mol. The monoisotopic (exact) mass is 224 g/mol. The van der Waals surface area contributed by atoms with Crippen molar-refractivity contribution >= 4 is 21.7 Å². The molecule has 3 aromatic rings. The van der Waals surface area contributed by atoms with Gasteiger partial charge in [0.15, 0.2) is 0 Å². The van der Waals surface area contributed by atoms with Gasteiger partial charge in [-0.25, -0.2) is 0 Å². The molecule has 86 valence electrons. The molecule has 1 atom stereocenters. The van der Waals surface area contributed by atoms with E-state index in [1.165, 1.54) is 32.9 Å². The van der Waals surface area contributed by atoms with Gasteiger partial charge >= 0.3 is 0 Å². The third kappa shape index (κ3) is 1.45. The van der Waals surface area contributed by atoms with E-state index < -0.39 is 0 Å². The zero-order valence-electron chi connectivity index (χ0n) is 10.1. The van der Waals surface area contributed by atoms with Gasteiger partial charge in [0.25, 0.3) is 0 Å². The van der Waals surface area contributed by atoms with Crippen LogP contribution in [-0.2, 0) is 0 Å². The zero-order chi connectivity index (χ0) is 12.0. The second-order valence-corrected chi connectivity index (χ2v) is 4.66. The topological polar surface area (TPSA) is 41.8 Å². The summed E-state index contributed by atoms with van der Waals surface area (Å²) in [5.41, 5.74) is 9.65. The summed E-state index contributed by atoms with van der Waals surface area (Å²) in [7, 11) is 0. The highest BCUT2D eigenvalue weighted by atomic mass is 14.7. The Morgan fingerprint density at radius 1 is 1.06 bits per heavy atom. The molecule has 0 aliphatic rings. The number of nitrogens with one attached hydrogen (secondary N) is 1. The molecule has 0 bridgehead atoms. The molecule has 2 nitrogen and oxygen atoms in total. The number of hydrogen-bond acceptors (Lipinski definition) is 1. The van der Waals surface area contributed by atoms with E-state index in [2.05, 4.69) is 48.3 Å². The lowest BCUT2D eigenvalue weighted by molar-refractivity contribution is 0.817. The summed E-state index contributed by atoms with van der Waals surface area (Å²) in [6.45, 7) is 4.12. The Kier molecular flexibility index (Phi) is 2.20. The average Bonchev–Trinajstić information content (AvgIpc) is 2.65. The lowest BCUT2D eigenvalue weighted by Gasteiger charge is -2.05. The van der Waals surface area contributed by atoms with Crippen LogP contribution in [0.5, 0.6) is 0 Å². The molecule has 0 spiro atoms. The van der Waals surface area contributed by atoms with Crippen LogP contribution in [0.1, 0.15) is 24.2 Å². The predicted octanol–water partition coefficient (Wildman–Crippen LogP) is 3.65. The Morgan fingerprint density at radius 2 is 1.82 bits per heavy atom. The molecule has 2 heteroatoms. The third-order valence-corrected chi connectivity index (χ3v) is 3.39. The average molecular weight is 224 g/mol. The lowest BCUT2D eigenvalue weighted by atomic mass is 10.0. The van der Waals surface area contributed by atoms with Crippen molar-refractivity contribution in [2.75, 3.05) is 0 Å². The lowest BCUT2D eigenvalue weighted by Crippen LogP contribution is -2.05. The number of rotatable bonds is 1. The van der Waals surface area contributed by atoms with Gasteiger partial charge in [-0.3, -0.25) is 0 Å². The first-order valence-electron chi connectivity index (χ1n) is 5.94. The second kappa shape index (κ2) is 3.60. The Balaban J connectivity index is 2.49. The standard InChI is InChI=1S/C15H16N2/c1-9(16)14-10(2)17-15-12-6-4-3-5-11(12)7-8-13(14)15/h3-9,17H,16H2,1-2H3. The van der Waals surface area contributed by atoms with Crippen molar-refractivity contribution in [3.05, 3.63) is 47.7 Å². The Hall–Kier alpha value is -1.80. The summed E-state index contributed by atoms with van der Waals surface area (Å²) in [6.07, 6.45) is 0. The SMILES string of the molecule is Cc1[nH]c2c(ccc3ccccc32)c1C(C)N. The summed E-state index contributed by atoms with van der Waals surface area (Å²) >= 11 is 0. The van der Waals surface area contributed by atoms with Crippen molar-refractivity contribution in [2.45, 2.75) is 19.9 Å². The maximum atomic E-state index is 6.05. The number of hydrogen-bond donors (Lipinski definition) is 2. The van der Waals surface area contributed by atoms with Gasteiger partial charge in [-0.1, -0.05) is 36.4 Å². The van der Waals surface area contributed by atoms with Crippen LogP contribution in [0.4, 0.5) is 0 Å². The van der Waals surface area contributed by atoms with Crippen molar-refractivity contribution < 1.29 is 0 Å². The highest BCUT2D eigenvalue weighted by Crippen LogP contribution is 2.31. The molecule has 0 radical (unpaired) electrons. The molecule has 2 aromatic carbocycles. The Labute approximate surface area is 100 Å². The summed E-state index contributed by atoms with van der Waals surface area (Å²) < 4.78 is 0. The molecule has 0 saturated carbocycles. The first kappa shape index (κ1) is 10.4.